The number of halogens is 2. The van der Waals surface area contributed by atoms with E-state index in [2.05, 4.69) is 0 Å². The van der Waals surface area contributed by atoms with E-state index in [-0.39, 0.29) is 5.37 Å². The summed E-state index contributed by atoms with van der Waals surface area (Å²) < 4.78 is 24.1. The van der Waals surface area contributed by atoms with E-state index in [9.17, 15) is 8.78 Å². The first-order valence-electron chi connectivity index (χ1n) is 3.13. The first kappa shape index (κ1) is 7.85. The van der Waals surface area contributed by atoms with Gasteiger partial charge in [0.15, 0.2) is 0 Å². The first-order valence-corrected chi connectivity index (χ1v) is 4.07. The van der Waals surface area contributed by atoms with Crippen LogP contribution in [0.4, 0.5) is 8.78 Å². The van der Waals surface area contributed by atoms with E-state index >= 15 is 0 Å². The van der Waals surface area contributed by atoms with Crippen molar-refractivity contribution in [2.24, 2.45) is 0 Å². The van der Waals surface area contributed by atoms with E-state index in [1.807, 2.05) is 6.92 Å². The van der Waals surface area contributed by atoms with Crippen molar-refractivity contribution in [3.05, 3.63) is 11.6 Å². The third-order valence-electron chi connectivity index (χ3n) is 1.38. The zero-order valence-corrected chi connectivity index (χ0v) is 6.44. The average molecular weight is 165 g/mol. The maximum Gasteiger partial charge on any atom is 0.315 e. The highest BCUT2D eigenvalue weighted by molar-refractivity contribution is 8.02. The van der Waals surface area contributed by atoms with Crippen LogP contribution < -0.4 is 0 Å². The molecule has 1 nitrogen and oxygen atoms in total. The number of thioether (sulfide) groups is 1. The molecular weight excluding hydrogens is 156 g/mol. The number of alkyl halides is 2. The largest absolute Gasteiger partial charge is 0.315 e. The van der Waals surface area contributed by atoms with Crippen LogP contribution in [0, 0.1) is 0 Å². The quantitative estimate of drug-likeness (QED) is 0.578. The lowest BCUT2D eigenvalue weighted by atomic mass is 10.4. The van der Waals surface area contributed by atoms with Gasteiger partial charge in [-0.25, -0.2) is 0 Å². The number of hydrogen-bond donors (Lipinski definition) is 0. The van der Waals surface area contributed by atoms with Crippen molar-refractivity contribution >= 4 is 11.8 Å². The third-order valence-corrected chi connectivity index (χ3v) is 2.55. The van der Waals surface area contributed by atoms with Crippen LogP contribution in [0.1, 0.15) is 13.3 Å². The Balaban J connectivity index is 2.49. The topological polar surface area (TPSA) is 3.24 Å². The van der Waals surface area contributed by atoms with Crippen LogP contribution in [-0.2, 0) is 0 Å². The van der Waals surface area contributed by atoms with Gasteiger partial charge in [0.2, 0.25) is 0 Å². The fraction of sp³-hybridized carbons (Fsp3) is 0.667. The number of rotatable bonds is 2. The lowest BCUT2D eigenvalue weighted by Crippen LogP contribution is -2.28. The van der Waals surface area contributed by atoms with Gasteiger partial charge >= 0.3 is 6.55 Å². The van der Waals surface area contributed by atoms with E-state index in [0.29, 0.717) is 0 Å². The fourth-order valence-electron chi connectivity index (χ4n) is 0.860. The number of hydrogen-bond acceptors (Lipinski definition) is 2. The van der Waals surface area contributed by atoms with Crippen molar-refractivity contribution in [1.29, 1.82) is 0 Å². The van der Waals surface area contributed by atoms with Crippen molar-refractivity contribution in [3.8, 4) is 0 Å². The number of nitrogens with zero attached hydrogens (tertiary/aromatic N) is 1. The summed E-state index contributed by atoms with van der Waals surface area (Å²) in [4.78, 5) is 1.07. The molecule has 0 spiro atoms. The van der Waals surface area contributed by atoms with Gasteiger partial charge in [0.25, 0.3) is 0 Å². The SMILES string of the molecule is CCC1SC=CN1C(F)F. The van der Waals surface area contributed by atoms with E-state index in [1.165, 1.54) is 18.0 Å². The molecule has 4 heteroatoms. The molecule has 58 valence electrons. The standard InChI is InChI=1S/C6H9F2NS/c1-2-5-9(6(7)8)3-4-10-5/h3-6H,2H2,1H3. The van der Waals surface area contributed by atoms with Gasteiger partial charge in [-0.3, -0.25) is 0 Å². The summed E-state index contributed by atoms with van der Waals surface area (Å²) in [7, 11) is 0. The highest BCUT2D eigenvalue weighted by Crippen LogP contribution is 2.29. The van der Waals surface area contributed by atoms with Crippen molar-refractivity contribution in [1.82, 2.24) is 4.90 Å². The smallest absolute Gasteiger partial charge is 0.310 e. The molecule has 0 fully saturated rings. The van der Waals surface area contributed by atoms with Gasteiger partial charge in [-0.2, -0.15) is 8.78 Å². The van der Waals surface area contributed by atoms with Crippen LogP contribution in [0.15, 0.2) is 11.6 Å². The molecule has 10 heavy (non-hydrogen) atoms. The summed E-state index contributed by atoms with van der Waals surface area (Å²) in [6, 6.07) is 0. The molecule has 1 unspecified atom stereocenters. The molecule has 0 aromatic heterocycles. The Labute approximate surface area is 63.1 Å². The maximum absolute atomic E-state index is 12.0. The van der Waals surface area contributed by atoms with Gasteiger partial charge in [-0.15, -0.1) is 11.8 Å². The Morgan fingerprint density at radius 2 is 2.40 bits per heavy atom. The zero-order valence-electron chi connectivity index (χ0n) is 5.63. The maximum atomic E-state index is 12.0. The highest BCUT2D eigenvalue weighted by Gasteiger charge is 2.24. The molecule has 1 atom stereocenters. The average Bonchev–Trinajstić information content (AvgIpc) is 2.33. The molecule has 0 saturated carbocycles. The van der Waals surface area contributed by atoms with Crippen LogP contribution >= 0.6 is 11.8 Å². The Bertz CT molecular complexity index is 138. The minimum Gasteiger partial charge on any atom is -0.310 e. The summed E-state index contributed by atoms with van der Waals surface area (Å²) in [6.45, 7) is -0.448. The molecule has 1 aliphatic rings. The van der Waals surface area contributed by atoms with Crippen LogP contribution in [-0.4, -0.2) is 16.8 Å². The second kappa shape index (κ2) is 3.23. The Hall–Kier alpha value is -0.250. The van der Waals surface area contributed by atoms with Crippen molar-refractivity contribution < 1.29 is 8.78 Å². The predicted molar refractivity (Wildman–Crippen MR) is 38.7 cm³/mol. The molecule has 0 radical (unpaired) electrons. The second-order valence-electron chi connectivity index (χ2n) is 2.01. The lowest BCUT2D eigenvalue weighted by Gasteiger charge is -2.21. The molecular formula is C6H9F2NS. The molecule has 1 rings (SSSR count). The fourth-order valence-corrected chi connectivity index (χ4v) is 1.75. The second-order valence-corrected chi connectivity index (χ2v) is 3.10. The molecule has 0 bridgehead atoms. The Morgan fingerprint density at radius 1 is 1.70 bits per heavy atom. The molecule has 0 aromatic carbocycles. The zero-order chi connectivity index (χ0) is 7.56. The van der Waals surface area contributed by atoms with E-state index < -0.39 is 6.55 Å². The predicted octanol–water partition coefficient (Wildman–Crippen LogP) is 2.47. The van der Waals surface area contributed by atoms with Crippen molar-refractivity contribution in [2.45, 2.75) is 25.3 Å². The molecule has 0 aliphatic carbocycles. The van der Waals surface area contributed by atoms with Crippen LogP contribution in [0.3, 0.4) is 0 Å². The van der Waals surface area contributed by atoms with Crippen LogP contribution in [0.5, 0.6) is 0 Å². The molecule has 0 N–H and O–H groups in total. The van der Waals surface area contributed by atoms with Crippen molar-refractivity contribution in [3.63, 3.8) is 0 Å². The van der Waals surface area contributed by atoms with Gasteiger partial charge < -0.3 is 4.90 Å². The monoisotopic (exact) mass is 165 g/mol. The Morgan fingerprint density at radius 3 is 2.80 bits per heavy atom. The van der Waals surface area contributed by atoms with E-state index in [0.717, 1.165) is 11.3 Å². The molecule has 1 heterocycles. The van der Waals surface area contributed by atoms with Crippen LogP contribution in [0.2, 0.25) is 0 Å². The van der Waals surface area contributed by atoms with Crippen LogP contribution in [0.25, 0.3) is 0 Å². The van der Waals surface area contributed by atoms with Crippen molar-refractivity contribution in [2.75, 3.05) is 0 Å². The third kappa shape index (κ3) is 1.42. The summed E-state index contributed by atoms with van der Waals surface area (Å²) in [5.74, 6) is 0. The lowest BCUT2D eigenvalue weighted by molar-refractivity contribution is 0.000698. The minimum absolute atomic E-state index is 0.0556. The highest BCUT2D eigenvalue weighted by atomic mass is 32.2. The van der Waals surface area contributed by atoms with Gasteiger partial charge in [0, 0.05) is 6.20 Å². The summed E-state index contributed by atoms with van der Waals surface area (Å²) in [6.07, 6.45) is 2.20. The van der Waals surface area contributed by atoms with Gasteiger partial charge in [0.1, 0.15) is 0 Å². The molecule has 1 aliphatic heterocycles. The summed E-state index contributed by atoms with van der Waals surface area (Å²) >= 11 is 1.44. The molecule has 0 amide bonds. The normalized spacial score (nSPS) is 24.8. The minimum atomic E-state index is -2.35. The summed E-state index contributed by atoms with van der Waals surface area (Å²) in [5, 5.41) is 1.65. The molecule has 0 aromatic rings. The van der Waals surface area contributed by atoms with E-state index in [4.69, 9.17) is 0 Å². The van der Waals surface area contributed by atoms with Gasteiger partial charge in [0.05, 0.1) is 5.37 Å². The van der Waals surface area contributed by atoms with Gasteiger partial charge in [-0.1, -0.05) is 6.92 Å². The molecule has 0 saturated heterocycles. The Kier molecular flexibility index (Phi) is 2.54. The van der Waals surface area contributed by atoms with Gasteiger partial charge in [-0.05, 0) is 11.8 Å². The first-order chi connectivity index (χ1) is 4.75. The van der Waals surface area contributed by atoms with E-state index in [1.54, 1.807) is 5.41 Å². The summed E-state index contributed by atoms with van der Waals surface area (Å²) in [5.41, 5.74) is 0.